The van der Waals surface area contributed by atoms with E-state index in [0.717, 1.165) is 17.9 Å². The second-order valence-corrected chi connectivity index (χ2v) is 4.44. The van der Waals surface area contributed by atoms with Crippen LogP contribution in [0.4, 0.5) is 5.69 Å². The third-order valence-corrected chi connectivity index (χ3v) is 3.20. The highest BCUT2D eigenvalue weighted by Gasteiger charge is 2.31. The highest BCUT2D eigenvalue weighted by Crippen LogP contribution is 2.27. The quantitative estimate of drug-likeness (QED) is 0.845. The number of hydrogen-bond acceptors (Lipinski definition) is 3. The highest BCUT2D eigenvalue weighted by atomic mass is 16.5. The van der Waals surface area contributed by atoms with Crippen LogP contribution in [-0.4, -0.2) is 12.6 Å². The minimum absolute atomic E-state index is 0.250. The third-order valence-electron chi connectivity index (χ3n) is 3.20. The summed E-state index contributed by atoms with van der Waals surface area (Å²) >= 11 is 0. The van der Waals surface area contributed by atoms with E-state index in [4.69, 9.17) is 4.74 Å². The monoisotopic (exact) mass is 232 g/mol. The maximum Gasteiger partial charge on any atom is 0.127 e. The van der Waals surface area contributed by atoms with Gasteiger partial charge in [-0.05, 0) is 36.6 Å². The zero-order chi connectivity index (χ0) is 12.9. The van der Waals surface area contributed by atoms with Gasteiger partial charge in [-0.3, -0.25) is 0 Å². The van der Waals surface area contributed by atoms with Crippen molar-refractivity contribution in [2.45, 2.75) is 32.7 Å². The average molecular weight is 232 g/mol. The molecule has 0 aromatic heterocycles. The van der Waals surface area contributed by atoms with Gasteiger partial charge in [0.25, 0.3) is 0 Å². The molecular weight excluding hydrogens is 212 g/mol. The number of benzene rings is 1. The molecule has 92 valence electrons. The lowest BCUT2D eigenvalue weighted by molar-refractivity contribution is 0.412. The molecule has 3 heteroatoms. The van der Waals surface area contributed by atoms with Crippen LogP contribution in [0.3, 0.4) is 0 Å². The lowest BCUT2D eigenvalue weighted by Crippen LogP contribution is -2.41. The Labute approximate surface area is 103 Å². The Balaban J connectivity index is 2.91. The largest absolute Gasteiger partial charge is 0.497 e. The number of anilines is 1. The topological polar surface area (TPSA) is 45.0 Å². The fourth-order valence-corrected chi connectivity index (χ4v) is 1.81. The number of methoxy groups -OCH3 is 1. The second-order valence-electron chi connectivity index (χ2n) is 4.44. The molecule has 1 aromatic carbocycles. The van der Waals surface area contributed by atoms with Gasteiger partial charge in [-0.25, -0.2) is 0 Å². The summed E-state index contributed by atoms with van der Waals surface area (Å²) in [5, 5.41) is 12.7. The summed E-state index contributed by atoms with van der Waals surface area (Å²) in [6, 6.07) is 10.0. The number of nitriles is 1. The van der Waals surface area contributed by atoms with Gasteiger partial charge in [0.05, 0.1) is 13.2 Å². The SMILES string of the molecule is CCC(C#N)(Nc1ccc(OC)cc1)C(C)C. The van der Waals surface area contributed by atoms with E-state index in [9.17, 15) is 5.26 Å². The first kappa shape index (κ1) is 13.4. The van der Waals surface area contributed by atoms with E-state index in [-0.39, 0.29) is 5.92 Å². The summed E-state index contributed by atoms with van der Waals surface area (Å²) in [7, 11) is 1.64. The van der Waals surface area contributed by atoms with Crippen LogP contribution in [0.2, 0.25) is 0 Å². The first-order chi connectivity index (χ1) is 8.07. The van der Waals surface area contributed by atoms with Crippen LogP contribution in [0.15, 0.2) is 24.3 Å². The molecule has 0 aliphatic rings. The van der Waals surface area contributed by atoms with Crippen LogP contribution in [0.5, 0.6) is 5.75 Å². The minimum atomic E-state index is -0.505. The summed E-state index contributed by atoms with van der Waals surface area (Å²) in [6.07, 6.45) is 0.771. The van der Waals surface area contributed by atoms with E-state index in [1.54, 1.807) is 7.11 Å². The fraction of sp³-hybridized carbons (Fsp3) is 0.500. The van der Waals surface area contributed by atoms with Crippen molar-refractivity contribution in [3.8, 4) is 11.8 Å². The van der Waals surface area contributed by atoms with Crippen molar-refractivity contribution in [3.63, 3.8) is 0 Å². The number of hydrogen-bond donors (Lipinski definition) is 1. The maximum absolute atomic E-state index is 9.37. The van der Waals surface area contributed by atoms with Crippen LogP contribution in [-0.2, 0) is 0 Å². The van der Waals surface area contributed by atoms with Gasteiger partial charge >= 0.3 is 0 Å². The first-order valence-electron chi connectivity index (χ1n) is 5.91. The second kappa shape index (κ2) is 5.58. The normalized spacial score (nSPS) is 13.9. The molecule has 0 fully saturated rings. The maximum atomic E-state index is 9.37. The van der Waals surface area contributed by atoms with Gasteiger partial charge in [0.2, 0.25) is 0 Å². The van der Waals surface area contributed by atoms with Gasteiger partial charge in [-0.2, -0.15) is 5.26 Å². The Kier molecular flexibility index (Phi) is 4.39. The molecule has 1 unspecified atom stereocenters. The molecular formula is C14H20N2O. The Hall–Kier alpha value is -1.69. The van der Waals surface area contributed by atoms with Gasteiger partial charge in [0.15, 0.2) is 0 Å². The molecule has 1 N–H and O–H groups in total. The number of nitrogens with zero attached hydrogens (tertiary/aromatic N) is 1. The Morgan fingerprint density at radius 3 is 2.29 bits per heavy atom. The zero-order valence-corrected chi connectivity index (χ0v) is 10.9. The zero-order valence-electron chi connectivity index (χ0n) is 10.9. The summed E-state index contributed by atoms with van der Waals surface area (Å²) < 4.78 is 5.11. The van der Waals surface area contributed by atoms with Crippen molar-refractivity contribution >= 4 is 5.69 Å². The van der Waals surface area contributed by atoms with Crippen LogP contribution >= 0.6 is 0 Å². The molecule has 0 aliphatic carbocycles. The van der Waals surface area contributed by atoms with Crippen LogP contribution in [0.25, 0.3) is 0 Å². The van der Waals surface area contributed by atoms with E-state index >= 15 is 0 Å². The van der Waals surface area contributed by atoms with Gasteiger partial charge in [-0.1, -0.05) is 20.8 Å². The predicted octanol–water partition coefficient (Wildman–Crippen LogP) is 3.44. The Morgan fingerprint density at radius 1 is 1.35 bits per heavy atom. The van der Waals surface area contributed by atoms with Gasteiger partial charge in [-0.15, -0.1) is 0 Å². The van der Waals surface area contributed by atoms with Crippen molar-refractivity contribution in [3.05, 3.63) is 24.3 Å². The summed E-state index contributed by atoms with van der Waals surface area (Å²) in [5.41, 5.74) is 0.442. The molecule has 0 spiro atoms. The van der Waals surface area contributed by atoms with E-state index < -0.39 is 5.54 Å². The molecule has 1 rings (SSSR count). The number of nitrogens with one attached hydrogen (secondary N) is 1. The van der Waals surface area contributed by atoms with E-state index in [2.05, 4.69) is 25.2 Å². The molecule has 0 bridgehead atoms. The van der Waals surface area contributed by atoms with Crippen molar-refractivity contribution in [1.29, 1.82) is 5.26 Å². The molecule has 0 heterocycles. The molecule has 0 saturated carbocycles. The van der Waals surface area contributed by atoms with Crippen molar-refractivity contribution in [1.82, 2.24) is 0 Å². The van der Waals surface area contributed by atoms with Crippen LogP contribution in [0.1, 0.15) is 27.2 Å². The van der Waals surface area contributed by atoms with E-state index in [1.165, 1.54) is 0 Å². The van der Waals surface area contributed by atoms with Crippen LogP contribution < -0.4 is 10.1 Å². The van der Waals surface area contributed by atoms with E-state index in [0.29, 0.717) is 0 Å². The highest BCUT2D eigenvalue weighted by molar-refractivity contribution is 5.50. The Morgan fingerprint density at radius 2 is 1.94 bits per heavy atom. The van der Waals surface area contributed by atoms with E-state index in [1.807, 2.05) is 31.2 Å². The molecule has 0 aliphatic heterocycles. The fourth-order valence-electron chi connectivity index (χ4n) is 1.81. The smallest absolute Gasteiger partial charge is 0.127 e. The molecule has 1 aromatic rings. The van der Waals surface area contributed by atoms with Gasteiger partial charge in [0.1, 0.15) is 11.3 Å². The summed E-state index contributed by atoms with van der Waals surface area (Å²) in [6.45, 7) is 6.15. The predicted molar refractivity (Wildman–Crippen MR) is 70.1 cm³/mol. The minimum Gasteiger partial charge on any atom is -0.497 e. The molecule has 0 radical (unpaired) electrons. The molecule has 17 heavy (non-hydrogen) atoms. The van der Waals surface area contributed by atoms with Crippen LogP contribution in [0, 0.1) is 17.2 Å². The van der Waals surface area contributed by atoms with Gasteiger partial charge < -0.3 is 10.1 Å². The summed E-state index contributed by atoms with van der Waals surface area (Å²) in [5.74, 6) is 1.07. The van der Waals surface area contributed by atoms with Gasteiger partial charge in [0, 0.05) is 5.69 Å². The standard InChI is InChI=1S/C14H20N2O/c1-5-14(10-15,11(2)3)16-12-6-8-13(17-4)9-7-12/h6-9,11,16H,5H2,1-4H3. The first-order valence-corrected chi connectivity index (χ1v) is 5.91. The summed E-state index contributed by atoms with van der Waals surface area (Å²) in [4.78, 5) is 0. The molecule has 1 atom stereocenters. The number of rotatable bonds is 5. The Bertz CT molecular complexity index is 392. The molecule has 3 nitrogen and oxygen atoms in total. The molecule has 0 saturated heterocycles. The lowest BCUT2D eigenvalue weighted by Gasteiger charge is -2.31. The average Bonchev–Trinajstić information content (AvgIpc) is 2.36. The number of ether oxygens (including phenoxy) is 1. The van der Waals surface area contributed by atoms with Crippen molar-refractivity contribution in [2.24, 2.45) is 5.92 Å². The third kappa shape index (κ3) is 2.91. The molecule has 0 amide bonds. The van der Waals surface area contributed by atoms with Crippen molar-refractivity contribution in [2.75, 3.05) is 12.4 Å². The van der Waals surface area contributed by atoms with Crippen molar-refractivity contribution < 1.29 is 4.74 Å². The lowest BCUT2D eigenvalue weighted by atomic mass is 9.85.